The average Bonchev–Trinajstić information content (AvgIpc) is 2.50. The van der Waals surface area contributed by atoms with Gasteiger partial charge in [0.25, 0.3) is 0 Å². The zero-order valence-corrected chi connectivity index (χ0v) is 13.6. The molecule has 22 heavy (non-hydrogen) atoms. The first-order valence-corrected chi connectivity index (χ1v) is 8.02. The van der Waals surface area contributed by atoms with E-state index >= 15 is 0 Å². The van der Waals surface area contributed by atoms with E-state index < -0.39 is 0 Å². The van der Waals surface area contributed by atoms with Crippen molar-refractivity contribution in [3.8, 4) is 11.3 Å². The molecule has 1 aromatic carbocycles. The highest BCUT2D eigenvalue weighted by molar-refractivity contribution is 5.65. The third-order valence-corrected chi connectivity index (χ3v) is 4.20. The Morgan fingerprint density at radius 1 is 1.05 bits per heavy atom. The topological polar surface area (TPSA) is 49.8 Å². The fourth-order valence-corrected chi connectivity index (χ4v) is 2.93. The van der Waals surface area contributed by atoms with Gasteiger partial charge in [0.05, 0.1) is 5.69 Å². The first-order chi connectivity index (χ1) is 10.6. The molecule has 1 aromatic heterocycles. The smallest absolute Gasteiger partial charge is 0.223 e. The van der Waals surface area contributed by atoms with E-state index in [9.17, 15) is 0 Å². The zero-order valence-electron chi connectivity index (χ0n) is 13.6. The van der Waals surface area contributed by atoms with Crippen LogP contribution in [0.3, 0.4) is 0 Å². The molecule has 1 aliphatic heterocycles. The number of nitrogens with zero attached hydrogens (tertiary/aromatic N) is 2. The number of aromatic nitrogens is 2. The van der Waals surface area contributed by atoms with E-state index in [-0.39, 0.29) is 0 Å². The molecule has 1 saturated heterocycles. The quantitative estimate of drug-likeness (QED) is 0.913. The summed E-state index contributed by atoms with van der Waals surface area (Å²) < 4.78 is 0. The minimum absolute atomic E-state index is 0.467. The van der Waals surface area contributed by atoms with Gasteiger partial charge in [-0.3, -0.25) is 0 Å². The molecule has 116 valence electrons. The monoisotopic (exact) mass is 296 g/mol. The van der Waals surface area contributed by atoms with Gasteiger partial charge in [-0.05, 0) is 64.4 Å². The second kappa shape index (κ2) is 6.44. The average molecular weight is 296 g/mol. The molecule has 2 aromatic rings. The molecular formula is C18H24N4. The van der Waals surface area contributed by atoms with Gasteiger partial charge in [-0.2, -0.15) is 0 Å². The second-order valence-corrected chi connectivity index (χ2v) is 6.21. The molecule has 1 aliphatic rings. The normalized spacial score (nSPS) is 15.8. The maximum absolute atomic E-state index is 4.76. The highest BCUT2D eigenvalue weighted by Crippen LogP contribution is 2.24. The predicted octanol–water partition coefficient (Wildman–Crippen LogP) is 3.23. The molecule has 1 fully saturated rings. The van der Waals surface area contributed by atoms with Gasteiger partial charge in [0.2, 0.25) is 5.95 Å². The van der Waals surface area contributed by atoms with E-state index in [0.717, 1.165) is 43.3 Å². The van der Waals surface area contributed by atoms with E-state index in [1.165, 1.54) is 16.7 Å². The highest BCUT2D eigenvalue weighted by Gasteiger charge is 2.15. The number of anilines is 1. The van der Waals surface area contributed by atoms with E-state index in [0.29, 0.717) is 6.04 Å². The fraction of sp³-hybridized carbons (Fsp3) is 0.444. The summed E-state index contributed by atoms with van der Waals surface area (Å²) in [6, 6.07) is 9.03. The van der Waals surface area contributed by atoms with Gasteiger partial charge in [0, 0.05) is 17.3 Å². The molecule has 0 saturated carbocycles. The molecule has 0 radical (unpaired) electrons. The molecule has 4 nitrogen and oxygen atoms in total. The van der Waals surface area contributed by atoms with Gasteiger partial charge in [-0.1, -0.05) is 17.7 Å². The third-order valence-electron chi connectivity index (χ3n) is 4.20. The molecule has 0 amide bonds. The maximum Gasteiger partial charge on any atom is 0.223 e. The standard InChI is InChI=1S/C18H24N4/c1-12-4-5-13(2)16(10-12)17-11-14(3)20-18(22-17)21-15-6-8-19-9-7-15/h4-5,10-11,15,19H,6-9H2,1-3H3,(H,20,21,22). The molecule has 3 rings (SSSR count). The lowest BCUT2D eigenvalue weighted by atomic mass is 10.0. The zero-order chi connectivity index (χ0) is 15.5. The van der Waals surface area contributed by atoms with Crippen molar-refractivity contribution in [2.75, 3.05) is 18.4 Å². The van der Waals surface area contributed by atoms with Gasteiger partial charge in [-0.15, -0.1) is 0 Å². The van der Waals surface area contributed by atoms with Crippen LogP contribution < -0.4 is 10.6 Å². The Morgan fingerprint density at radius 2 is 1.82 bits per heavy atom. The van der Waals surface area contributed by atoms with E-state index in [1.54, 1.807) is 0 Å². The Hall–Kier alpha value is -1.94. The Bertz CT molecular complexity index is 660. The van der Waals surface area contributed by atoms with Crippen molar-refractivity contribution >= 4 is 5.95 Å². The lowest BCUT2D eigenvalue weighted by Gasteiger charge is -2.24. The van der Waals surface area contributed by atoms with Gasteiger partial charge in [0.1, 0.15) is 0 Å². The minimum atomic E-state index is 0.467. The van der Waals surface area contributed by atoms with Crippen molar-refractivity contribution < 1.29 is 0 Å². The van der Waals surface area contributed by atoms with Gasteiger partial charge in [0.15, 0.2) is 0 Å². The number of piperidine rings is 1. The first kappa shape index (κ1) is 15.0. The number of rotatable bonds is 3. The van der Waals surface area contributed by atoms with E-state index in [2.05, 4.69) is 53.7 Å². The summed E-state index contributed by atoms with van der Waals surface area (Å²) in [5.74, 6) is 0.753. The summed E-state index contributed by atoms with van der Waals surface area (Å²) in [6.45, 7) is 8.40. The molecule has 0 atom stereocenters. The van der Waals surface area contributed by atoms with Crippen molar-refractivity contribution in [3.05, 3.63) is 41.1 Å². The number of aryl methyl sites for hydroxylation is 3. The van der Waals surface area contributed by atoms with Crippen LogP contribution in [0, 0.1) is 20.8 Å². The minimum Gasteiger partial charge on any atom is -0.351 e. The second-order valence-electron chi connectivity index (χ2n) is 6.21. The van der Waals surface area contributed by atoms with Crippen LogP contribution in [0.15, 0.2) is 24.3 Å². The van der Waals surface area contributed by atoms with Crippen LogP contribution in [0.1, 0.15) is 29.7 Å². The molecule has 0 bridgehead atoms. The molecular weight excluding hydrogens is 272 g/mol. The van der Waals surface area contributed by atoms with Crippen LogP contribution >= 0.6 is 0 Å². The van der Waals surface area contributed by atoms with Gasteiger partial charge >= 0.3 is 0 Å². The van der Waals surface area contributed by atoms with Crippen molar-refractivity contribution in [1.82, 2.24) is 15.3 Å². The van der Waals surface area contributed by atoms with Crippen LogP contribution in [0.25, 0.3) is 11.3 Å². The maximum atomic E-state index is 4.76. The fourth-order valence-electron chi connectivity index (χ4n) is 2.93. The van der Waals surface area contributed by atoms with E-state index in [4.69, 9.17) is 4.98 Å². The Balaban J connectivity index is 1.90. The van der Waals surface area contributed by atoms with Crippen LogP contribution in [-0.2, 0) is 0 Å². The largest absolute Gasteiger partial charge is 0.351 e. The van der Waals surface area contributed by atoms with Crippen LogP contribution in [0.5, 0.6) is 0 Å². The summed E-state index contributed by atoms with van der Waals surface area (Å²) in [6.07, 6.45) is 2.24. The molecule has 0 unspecified atom stereocenters. The molecule has 2 heterocycles. The lowest BCUT2D eigenvalue weighted by Crippen LogP contribution is -2.35. The number of hydrogen-bond donors (Lipinski definition) is 2. The van der Waals surface area contributed by atoms with Crippen LogP contribution in [-0.4, -0.2) is 29.1 Å². The molecule has 0 spiro atoms. The number of hydrogen-bond acceptors (Lipinski definition) is 4. The Kier molecular flexibility index (Phi) is 4.39. The Labute approximate surface area is 132 Å². The molecule has 0 aliphatic carbocycles. The van der Waals surface area contributed by atoms with Gasteiger partial charge in [-0.25, -0.2) is 9.97 Å². The van der Waals surface area contributed by atoms with Crippen molar-refractivity contribution in [1.29, 1.82) is 0 Å². The summed E-state index contributed by atoms with van der Waals surface area (Å²) in [5.41, 5.74) is 5.70. The Morgan fingerprint density at radius 3 is 2.59 bits per heavy atom. The molecule has 2 N–H and O–H groups in total. The summed E-state index contributed by atoms with van der Waals surface area (Å²) in [5, 5.41) is 6.89. The summed E-state index contributed by atoms with van der Waals surface area (Å²) >= 11 is 0. The molecule has 4 heteroatoms. The van der Waals surface area contributed by atoms with Crippen LogP contribution in [0.2, 0.25) is 0 Å². The third kappa shape index (κ3) is 3.45. The summed E-state index contributed by atoms with van der Waals surface area (Å²) in [4.78, 5) is 9.32. The van der Waals surface area contributed by atoms with Crippen LogP contribution in [0.4, 0.5) is 5.95 Å². The summed E-state index contributed by atoms with van der Waals surface area (Å²) in [7, 11) is 0. The van der Waals surface area contributed by atoms with Crippen molar-refractivity contribution in [3.63, 3.8) is 0 Å². The predicted molar refractivity (Wildman–Crippen MR) is 91.2 cm³/mol. The highest BCUT2D eigenvalue weighted by atomic mass is 15.1. The SMILES string of the molecule is Cc1ccc(C)c(-c2cc(C)nc(NC3CCNCC3)n2)c1. The first-order valence-electron chi connectivity index (χ1n) is 8.02. The number of nitrogens with one attached hydrogen (secondary N) is 2. The van der Waals surface area contributed by atoms with Gasteiger partial charge < -0.3 is 10.6 Å². The van der Waals surface area contributed by atoms with Crippen molar-refractivity contribution in [2.24, 2.45) is 0 Å². The lowest BCUT2D eigenvalue weighted by molar-refractivity contribution is 0.477. The number of benzene rings is 1. The van der Waals surface area contributed by atoms with Crippen molar-refractivity contribution in [2.45, 2.75) is 39.7 Å². The van der Waals surface area contributed by atoms with E-state index in [1.807, 2.05) is 6.92 Å².